The highest BCUT2D eigenvalue weighted by Gasteiger charge is 2.19. The molecule has 2 N–H and O–H groups in total. The summed E-state index contributed by atoms with van der Waals surface area (Å²) in [7, 11) is 0. The molecule has 0 spiro atoms. The number of amides is 2. The lowest BCUT2D eigenvalue weighted by Crippen LogP contribution is -2.40. The Morgan fingerprint density at radius 3 is 2.48 bits per heavy atom. The highest BCUT2D eigenvalue weighted by Crippen LogP contribution is 2.15. The van der Waals surface area contributed by atoms with Crippen LogP contribution in [0.15, 0.2) is 41.8 Å². The maximum Gasteiger partial charge on any atom is 0.387 e. The molecule has 10 heteroatoms. The number of hydrogen-bond donors (Lipinski definition) is 2. The Balaban J connectivity index is 1.64. The summed E-state index contributed by atoms with van der Waals surface area (Å²) in [4.78, 5) is 36.0. The predicted octanol–water partition coefficient (Wildman–Crippen LogP) is 2.37. The number of nitrogens with one attached hydrogen (secondary N) is 2. The molecule has 1 atom stereocenters. The number of ether oxygens (including phenoxy) is 2. The molecule has 0 aliphatic rings. The number of esters is 1. The van der Waals surface area contributed by atoms with Crippen LogP contribution in [0.5, 0.6) is 5.75 Å². The molecular weight excluding hydrogens is 406 g/mol. The van der Waals surface area contributed by atoms with E-state index in [1.807, 2.05) is 0 Å². The van der Waals surface area contributed by atoms with E-state index in [0.29, 0.717) is 11.3 Å². The van der Waals surface area contributed by atoms with Crippen LogP contribution < -0.4 is 15.4 Å². The molecule has 1 aromatic carbocycles. The largest absolute Gasteiger partial charge is 0.454 e. The van der Waals surface area contributed by atoms with E-state index in [1.165, 1.54) is 30.4 Å². The lowest BCUT2D eigenvalue weighted by atomic mass is 10.1. The Labute approximate surface area is 170 Å². The SMILES string of the molecule is CC(NC(=O)c1cccs1)C(=O)OCC(=O)NCCc1ccc(OC(F)F)cc1. The molecule has 156 valence electrons. The van der Waals surface area contributed by atoms with Gasteiger partial charge in [-0.3, -0.25) is 9.59 Å². The first-order chi connectivity index (χ1) is 13.8. The Morgan fingerprint density at radius 1 is 1.14 bits per heavy atom. The summed E-state index contributed by atoms with van der Waals surface area (Å²) in [5.41, 5.74) is 0.814. The van der Waals surface area contributed by atoms with Crippen molar-refractivity contribution in [1.82, 2.24) is 10.6 Å². The summed E-state index contributed by atoms with van der Waals surface area (Å²) < 4.78 is 33.3. The molecule has 0 aliphatic carbocycles. The Kier molecular flexibility index (Phi) is 8.53. The number of halogens is 2. The van der Waals surface area contributed by atoms with Gasteiger partial charge in [0.25, 0.3) is 11.8 Å². The van der Waals surface area contributed by atoms with Gasteiger partial charge in [0.2, 0.25) is 0 Å². The third-order valence-electron chi connectivity index (χ3n) is 3.68. The average molecular weight is 426 g/mol. The lowest BCUT2D eigenvalue weighted by Gasteiger charge is -2.13. The fraction of sp³-hybridized carbons (Fsp3) is 0.316. The summed E-state index contributed by atoms with van der Waals surface area (Å²) in [5.74, 6) is -1.55. The first kappa shape index (κ1) is 22.3. The van der Waals surface area contributed by atoms with Crippen LogP contribution in [-0.2, 0) is 20.7 Å². The van der Waals surface area contributed by atoms with Gasteiger partial charge in [0, 0.05) is 6.54 Å². The van der Waals surface area contributed by atoms with E-state index >= 15 is 0 Å². The fourth-order valence-electron chi connectivity index (χ4n) is 2.23. The van der Waals surface area contributed by atoms with Gasteiger partial charge in [0.1, 0.15) is 11.8 Å². The third-order valence-corrected chi connectivity index (χ3v) is 4.54. The maximum absolute atomic E-state index is 12.1. The average Bonchev–Trinajstić information content (AvgIpc) is 3.22. The van der Waals surface area contributed by atoms with Gasteiger partial charge in [-0.25, -0.2) is 4.79 Å². The minimum atomic E-state index is -2.88. The highest BCUT2D eigenvalue weighted by atomic mass is 32.1. The van der Waals surface area contributed by atoms with Crippen LogP contribution in [0.1, 0.15) is 22.2 Å². The second kappa shape index (κ2) is 11.1. The number of carbonyl (C=O) groups excluding carboxylic acids is 3. The molecule has 2 aromatic rings. The van der Waals surface area contributed by atoms with Crippen molar-refractivity contribution >= 4 is 29.1 Å². The van der Waals surface area contributed by atoms with E-state index in [4.69, 9.17) is 4.74 Å². The van der Waals surface area contributed by atoms with Crippen molar-refractivity contribution in [2.75, 3.05) is 13.2 Å². The van der Waals surface area contributed by atoms with Crippen LogP contribution in [0.4, 0.5) is 8.78 Å². The fourth-order valence-corrected chi connectivity index (χ4v) is 2.86. The van der Waals surface area contributed by atoms with Gasteiger partial charge in [0.15, 0.2) is 6.61 Å². The standard InChI is InChI=1S/C19H20F2N2O5S/c1-12(23-17(25)15-3-2-10-29-15)18(26)27-11-16(24)22-9-8-13-4-6-14(7-5-13)28-19(20)21/h2-7,10,12,19H,8-9,11H2,1H3,(H,22,24)(H,23,25). The Morgan fingerprint density at radius 2 is 1.86 bits per heavy atom. The van der Waals surface area contributed by atoms with Gasteiger partial charge in [-0.05, 0) is 42.5 Å². The smallest absolute Gasteiger partial charge is 0.387 e. The van der Waals surface area contributed by atoms with Crippen molar-refractivity contribution in [1.29, 1.82) is 0 Å². The second-order valence-corrected chi connectivity index (χ2v) is 6.85. The van der Waals surface area contributed by atoms with Crippen molar-refractivity contribution < 1.29 is 32.6 Å². The quantitative estimate of drug-likeness (QED) is 0.569. The highest BCUT2D eigenvalue weighted by molar-refractivity contribution is 7.12. The number of carbonyl (C=O) groups is 3. The molecule has 2 amide bonds. The molecule has 0 saturated carbocycles. The summed E-state index contributed by atoms with van der Waals surface area (Å²) in [6, 6.07) is 8.51. The number of benzene rings is 1. The van der Waals surface area contributed by atoms with Gasteiger partial charge in [-0.1, -0.05) is 18.2 Å². The van der Waals surface area contributed by atoms with Crippen LogP contribution in [0.25, 0.3) is 0 Å². The third kappa shape index (κ3) is 7.86. The Bertz CT molecular complexity index is 813. The molecule has 1 heterocycles. The van der Waals surface area contributed by atoms with Gasteiger partial charge >= 0.3 is 12.6 Å². The van der Waals surface area contributed by atoms with Crippen LogP contribution in [0.3, 0.4) is 0 Å². The normalized spacial score (nSPS) is 11.6. The minimum absolute atomic E-state index is 0.0555. The number of rotatable bonds is 10. The molecule has 1 unspecified atom stereocenters. The van der Waals surface area contributed by atoms with Crippen molar-refractivity contribution in [3.05, 3.63) is 52.2 Å². The summed E-state index contributed by atoms with van der Waals surface area (Å²) in [6.07, 6.45) is 0.460. The van der Waals surface area contributed by atoms with Gasteiger partial charge in [-0.15, -0.1) is 11.3 Å². The molecule has 0 saturated heterocycles. The minimum Gasteiger partial charge on any atom is -0.454 e. The van der Waals surface area contributed by atoms with Crippen LogP contribution in [0, 0.1) is 0 Å². The van der Waals surface area contributed by atoms with Gasteiger partial charge in [0.05, 0.1) is 4.88 Å². The first-order valence-corrected chi connectivity index (χ1v) is 9.54. The van der Waals surface area contributed by atoms with E-state index in [-0.39, 0.29) is 18.2 Å². The molecule has 7 nitrogen and oxygen atoms in total. The number of thiophene rings is 1. The van der Waals surface area contributed by atoms with Crippen molar-refractivity contribution in [2.45, 2.75) is 26.0 Å². The second-order valence-electron chi connectivity index (χ2n) is 5.90. The van der Waals surface area contributed by atoms with Gasteiger partial charge in [-0.2, -0.15) is 8.78 Å². The zero-order valence-electron chi connectivity index (χ0n) is 15.5. The van der Waals surface area contributed by atoms with E-state index < -0.39 is 31.1 Å². The molecule has 0 fully saturated rings. The zero-order valence-corrected chi connectivity index (χ0v) is 16.3. The van der Waals surface area contributed by atoms with Crippen LogP contribution >= 0.6 is 11.3 Å². The van der Waals surface area contributed by atoms with E-state index in [9.17, 15) is 23.2 Å². The molecule has 0 radical (unpaired) electrons. The molecule has 2 rings (SSSR count). The van der Waals surface area contributed by atoms with Crippen molar-refractivity contribution in [2.24, 2.45) is 0 Å². The van der Waals surface area contributed by atoms with E-state index in [1.54, 1.807) is 29.6 Å². The van der Waals surface area contributed by atoms with E-state index in [2.05, 4.69) is 15.4 Å². The first-order valence-electron chi connectivity index (χ1n) is 8.66. The molecule has 0 bridgehead atoms. The monoisotopic (exact) mass is 426 g/mol. The topological polar surface area (TPSA) is 93.7 Å². The Hall–Kier alpha value is -3.01. The van der Waals surface area contributed by atoms with Crippen LogP contribution in [0.2, 0.25) is 0 Å². The lowest BCUT2D eigenvalue weighted by molar-refractivity contribution is -0.150. The van der Waals surface area contributed by atoms with Crippen molar-refractivity contribution in [3.8, 4) is 5.75 Å². The molecule has 29 heavy (non-hydrogen) atoms. The molecule has 1 aromatic heterocycles. The van der Waals surface area contributed by atoms with E-state index in [0.717, 1.165) is 5.56 Å². The summed E-state index contributed by atoms with van der Waals surface area (Å²) in [5, 5.41) is 6.82. The maximum atomic E-state index is 12.1. The summed E-state index contributed by atoms with van der Waals surface area (Å²) >= 11 is 1.24. The summed E-state index contributed by atoms with van der Waals surface area (Å²) in [6.45, 7) is -1.61. The van der Waals surface area contributed by atoms with Crippen molar-refractivity contribution in [3.63, 3.8) is 0 Å². The number of alkyl halides is 2. The molecular formula is C19H20F2N2O5S. The molecule has 0 aliphatic heterocycles. The van der Waals surface area contributed by atoms with Gasteiger partial charge < -0.3 is 20.1 Å². The number of hydrogen-bond acceptors (Lipinski definition) is 6. The zero-order chi connectivity index (χ0) is 21.2. The predicted molar refractivity (Wildman–Crippen MR) is 102 cm³/mol. The van der Waals surface area contributed by atoms with Crippen LogP contribution in [-0.4, -0.2) is 43.6 Å².